The van der Waals surface area contributed by atoms with E-state index in [9.17, 15) is 13.2 Å². The van der Waals surface area contributed by atoms with Crippen LogP contribution in [0.25, 0.3) is 11.1 Å². The molecule has 0 fully saturated rings. The molecule has 0 bridgehead atoms. The fraction of sp³-hybridized carbons (Fsp3) is 0.133. The van der Waals surface area contributed by atoms with Gasteiger partial charge in [-0.1, -0.05) is 35.3 Å². The van der Waals surface area contributed by atoms with Crippen molar-refractivity contribution in [2.45, 2.75) is 12.0 Å². The van der Waals surface area contributed by atoms with Crippen LogP contribution in [0.15, 0.2) is 41.4 Å². The Balaban J connectivity index is 2.09. The fourth-order valence-electron chi connectivity index (χ4n) is 2.38. The van der Waals surface area contributed by atoms with Crippen molar-refractivity contribution in [1.29, 1.82) is 0 Å². The molecule has 2 aromatic carbocycles. The van der Waals surface area contributed by atoms with E-state index in [2.05, 4.69) is 15.8 Å². The van der Waals surface area contributed by atoms with Gasteiger partial charge in [0.2, 0.25) is 5.79 Å². The minimum Gasteiger partial charge on any atom is -0.309 e. The van der Waals surface area contributed by atoms with Gasteiger partial charge in [0.25, 0.3) is 0 Å². The number of nitrogens with two attached hydrogens (primary N) is 1. The smallest absolute Gasteiger partial charge is 0.309 e. The van der Waals surface area contributed by atoms with Crippen LogP contribution in [0.1, 0.15) is 11.1 Å². The minimum absolute atomic E-state index is 0.172. The van der Waals surface area contributed by atoms with E-state index < -0.39 is 17.5 Å². The van der Waals surface area contributed by atoms with Crippen molar-refractivity contribution in [2.24, 2.45) is 10.7 Å². The first-order chi connectivity index (χ1) is 11.2. The van der Waals surface area contributed by atoms with Crippen LogP contribution in [0.5, 0.6) is 0 Å². The third-order valence-corrected chi connectivity index (χ3v) is 4.15. The van der Waals surface area contributed by atoms with Gasteiger partial charge in [-0.25, -0.2) is 4.99 Å². The standard InChI is InChI=1S/C15H11Cl2F3N4/c16-11-5-10(15(21)22-7-23-24-15)6-12(17)13(11)8-2-1-3-9(4-8)14(18,19)20/h1-7,24H,21H2,(H,22,23). The summed E-state index contributed by atoms with van der Waals surface area (Å²) in [7, 11) is 0. The van der Waals surface area contributed by atoms with E-state index in [1.54, 1.807) is 0 Å². The highest BCUT2D eigenvalue weighted by atomic mass is 35.5. The van der Waals surface area contributed by atoms with Gasteiger partial charge in [0, 0.05) is 11.1 Å². The third-order valence-electron chi connectivity index (χ3n) is 3.56. The van der Waals surface area contributed by atoms with Crippen LogP contribution in [-0.2, 0) is 12.0 Å². The Bertz CT molecular complexity index is 800. The van der Waals surface area contributed by atoms with Crippen molar-refractivity contribution in [3.63, 3.8) is 0 Å². The first-order valence-electron chi connectivity index (χ1n) is 6.73. The molecular formula is C15H11Cl2F3N4. The maximum Gasteiger partial charge on any atom is 0.416 e. The molecule has 0 saturated heterocycles. The predicted molar refractivity (Wildman–Crippen MR) is 87.5 cm³/mol. The van der Waals surface area contributed by atoms with Gasteiger partial charge >= 0.3 is 6.18 Å². The summed E-state index contributed by atoms with van der Waals surface area (Å²) in [5.74, 6) is -1.25. The Kier molecular flexibility index (Phi) is 4.21. The SMILES string of the molecule is NC1(c2cc(Cl)c(-c3cccc(C(F)(F)F)c3)c(Cl)c2)N=CNN1. The van der Waals surface area contributed by atoms with E-state index in [0.29, 0.717) is 11.1 Å². The van der Waals surface area contributed by atoms with E-state index >= 15 is 0 Å². The molecule has 0 spiro atoms. The predicted octanol–water partition coefficient (Wildman–Crippen LogP) is 3.88. The van der Waals surface area contributed by atoms with Gasteiger partial charge in [0.05, 0.1) is 15.6 Å². The maximum absolute atomic E-state index is 12.9. The van der Waals surface area contributed by atoms with Gasteiger partial charge in [-0.2, -0.15) is 18.6 Å². The van der Waals surface area contributed by atoms with Gasteiger partial charge in [0.15, 0.2) is 0 Å². The summed E-state index contributed by atoms with van der Waals surface area (Å²) in [4.78, 5) is 4.03. The quantitative estimate of drug-likeness (QED) is 0.747. The number of aliphatic imine (C=N–C) groups is 1. The van der Waals surface area contributed by atoms with Crippen LogP contribution in [0.3, 0.4) is 0 Å². The topological polar surface area (TPSA) is 62.4 Å². The molecule has 9 heteroatoms. The normalized spacial score (nSPS) is 20.2. The van der Waals surface area contributed by atoms with Gasteiger partial charge < -0.3 is 5.43 Å². The molecule has 4 nitrogen and oxygen atoms in total. The minimum atomic E-state index is -4.45. The van der Waals surface area contributed by atoms with E-state index in [4.69, 9.17) is 28.9 Å². The lowest BCUT2D eigenvalue weighted by Gasteiger charge is -2.22. The highest BCUT2D eigenvalue weighted by Crippen LogP contribution is 2.40. The molecule has 4 N–H and O–H groups in total. The molecule has 2 aromatic rings. The lowest BCUT2D eigenvalue weighted by Crippen LogP contribution is -2.49. The molecule has 126 valence electrons. The summed E-state index contributed by atoms with van der Waals surface area (Å²) in [5, 5.41) is 0.344. The number of halogens is 5. The molecule has 1 heterocycles. The monoisotopic (exact) mass is 374 g/mol. The average molecular weight is 375 g/mol. The van der Waals surface area contributed by atoms with Gasteiger partial charge in [-0.3, -0.25) is 5.73 Å². The van der Waals surface area contributed by atoms with E-state index in [-0.39, 0.29) is 15.6 Å². The van der Waals surface area contributed by atoms with Crippen molar-refractivity contribution in [2.75, 3.05) is 0 Å². The Morgan fingerprint density at radius 3 is 2.29 bits per heavy atom. The van der Waals surface area contributed by atoms with Crippen LogP contribution in [0, 0.1) is 0 Å². The van der Waals surface area contributed by atoms with E-state index in [0.717, 1.165) is 12.1 Å². The number of benzene rings is 2. The summed E-state index contributed by atoms with van der Waals surface area (Å²) in [6.45, 7) is 0. The van der Waals surface area contributed by atoms with Crippen molar-refractivity contribution in [1.82, 2.24) is 10.9 Å². The van der Waals surface area contributed by atoms with E-state index in [1.807, 2.05) is 0 Å². The molecule has 1 unspecified atom stereocenters. The molecular weight excluding hydrogens is 364 g/mol. The van der Waals surface area contributed by atoms with Crippen molar-refractivity contribution in [3.8, 4) is 11.1 Å². The largest absolute Gasteiger partial charge is 0.416 e. The molecule has 0 amide bonds. The first kappa shape index (κ1) is 17.0. The molecule has 1 atom stereocenters. The van der Waals surface area contributed by atoms with Crippen LogP contribution in [0.2, 0.25) is 10.0 Å². The summed E-state index contributed by atoms with van der Waals surface area (Å²) in [6.07, 6.45) is -3.08. The second-order valence-electron chi connectivity index (χ2n) is 5.19. The number of hydrazine groups is 1. The van der Waals surface area contributed by atoms with Gasteiger partial charge in [-0.15, -0.1) is 0 Å². The summed E-state index contributed by atoms with van der Waals surface area (Å²) >= 11 is 12.5. The van der Waals surface area contributed by atoms with Crippen LogP contribution in [-0.4, -0.2) is 6.34 Å². The van der Waals surface area contributed by atoms with Crippen LogP contribution >= 0.6 is 23.2 Å². The first-order valence-corrected chi connectivity index (χ1v) is 7.49. The molecule has 0 saturated carbocycles. The summed E-state index contributed by atoms with van der Waals surface area (Å²) in [5.41, 5.74) is 11.7. The Morgan fingerprint density at radius 1 is 1.08 bits per heavy atom. The Labute approximate surface area is 145 Å². The number of rotatable bonds is 2. The van der Waals surface area contributed by atoms with Crippen molar-refractivity contribution in [3.05, 3.63) is 57.6 Å². The molecule has 24 heavy (non-hydrogen) atoms. The number of hydrogen-bond donors (Lipinski definition) is 3. The number of hydrogen-bond acceptors (Lipinski definition) is 4. The van der Waals surface area contributed by atoms with Crippen LogP contribution in [0.4, 0.5) is 13.2 Å². The molecule has 0 aromatic heterocycles. The van der Waals surface area contributed by atoms with E-state index in [1.165, 1.54) is 30.6 Å². The number of nitrogens with one attached hydrogen (secondary N) is 2. The second kappa shape index (κ2) is 5.93. The molecule has 1 aliphatic rings. The lowest BCUT2D eigenvalue weighted by atomic mass is 9.99. The summed E-state index contributed by atoms with van der Waals surface area (Å²) in [6, 6.07) is 7.82. The fourth-order valence-corrected chi connectivity index (χ4v) is 3.08. The maximum atomic E-state index is 12.9. The second-order valence-corrected chi connectivity index (χ2v) is 6.00. The molecule has 0 aliphatic carbocycles. The summed E-state index contributed by atoms with van der Waals surface area (Å²) < 4.78 is 38.7. The van der Waals surface area contributed by atoms with Crippen molar-refractivity contribution < 1.29 is 13.2 Å². The number of alkyl halides is 3. The Morgan fingerprint density at radius 2 is 1.75 bits per heavy atom. The highest BCUT2D eigenvalue weighted by Gasteiger charge is 2.32. The molecule has 1 aliphatic heterocycles. The van der Waals surface area contributed by atoms with Crippen molar-refractivity contribution >= 4 is 29.5 Å². The Hall–Kier alpha value is -1.80. The zero-order valence-corrected chi connectivity index (χ0v) is 13.5. The molecule has 0 radical (unpaired) electrons. The highest BCUT2D eigenvalue weighted by molar-refractivity contribution is 6.39. The zero-order chi connectivity index (χ0) is 17.5. The zero-order valence-electron chi connectivity index (χ0n) is 12.0. The third kappa shape index (κ3) is 3.08. The average Bonchev–Trinajstić information content (AvgIpc) is 2.94. The lowest BCUT2D eigenvalue weighted by molar-refractivity contribution is -0.137. The van der Waals surface area contributed by atoms with Gasteiger partial charge in [-0.05, 0) is 29.8 Å². The molecule has 3 rings (SSSR count). The van der Waals surface area contributed by atoms with Gasteiger partial charge in [0.1, 0.15) is 6.34 Å². The van der Waals surface area contributed by atoms with Crippen LogP contribution < -0.4 is 16.6 Å². The number of nitrogens with zero attached hydrogens (tertiary/aromatic N) is 1.